The highest BCUT2D eigenvalue weighted by molar-refractivity contribution is 6.32. The standard InChI is InChI=1S/C11H15ClN2O3/c1-8(7-13(2)3)17-11-5-4-9(14(15)16)6-10(11)12/h4-6,8H,7H2,1-3H3. The Morgan fingerprint density at radius 1 is 1.53 bits per heavy atom. The van der Waals surface area contributed by atoms with Crippen LogP contribution in [0.4, 0.5) is 5.69 Å². The van der Waals surface area contributed by atoms with E-state index in [1.54, 1.807) is 0 Å². The van der Waals surface area contributed by atoms with Gasteiger partial charge in [-0.15, -0.1) is 0 Å². The fourth-order valence-corrected chi connectivity index (χ4v) is 1.69. The minimum Gasteiger partial charge on any atom is -0.488 e. The lowest BCUT2D eigenvalue weighted by molar-refractivity contribution is -0.384. The van der Waals surface area contributed by atoms with Crippen LogP contribution in [0, 0.1) is 10.1 Å². The lowest BCUT2D eigenvalue weighted by Gasteiger charge is -2.19. The average molecular weight is 259 g/mol. The molecule has 1 atom stereocenters. The summed E-state index contributed by atoms with van der Waals surface area (Å²) >= 11 is 5.91. The summed E-state index contributed by atoms with van der Waals surface area (Å²) in [5, 5.41) is 10.8. The van der Waals surface area contributed by atoms with E-state index in [1.807, 2.05) is 25.9 Å². The SMILES string of the molecule is CC(CN(C)C)Oc1ccc([N+](=O)[O-])cc1Cl. The van der Waals surface area contributed by atoms with Crippen molar-refractivity contribution in [2.75, 3.05) is 20.6 Å². The minimum absolute atomic E-state index is 0.0380. The van der Waals surface area contributed by atoms with Crippen LogP contribution in [0.3, 0.4) is 0 Å². The maximum absolute atomic E-state index is 10.5. The number of rotatable bonds is 5. The van der Waals surface area contributed by atoms with E-state index in [-0.39, 0.29) is 16.8 Å². The molecule has 0 bridgehead atoms. The van der Waals surface area contributed by atoms with Crippen molar-refractivity contribution in [3.63, 3.8) is 0 Å². The number of non-ortho nitro benzene ring substituents is 1. The second-order valence-electron chi connectivity index (χ2n) is 4.06. The van der Waals surface area contributed by atoms with Crippen LogP contribution >= 0.6 is 11.6 Å². The Morgan fingerprint density at radius 2 is 2.18 bits per heavy atom. The maximum Gasteiger partial charge on any atom is 0.271 e. The monoisotopic (exact) mass is 258 g/mol. The van der Waals surface area contributed by atoms with Gasteiger partial charge in [-0.2, -0.15) is 0 Å². The molecule has 1 aromatic rings. The molecule has 0 aliphatic rings. The number of nitro groups is 1. The Hall–Kier alpha value is -1.33. The summed E-state index contributed by atoms with van der Waals surface area (Å²) in [5.41, 5.74) is -0.0392. The molecule has 0 fully saturated rings. The highest BCUT2D eigenvalue weighted by atomic mass is 35.5. The first-order valence-electron chi connectivity index (χ1n) is 5.15. The van der Waals surface area contributed by atoms with E-state index in [4.69, 9.17) is 16.3 Å². The van der Waals surface area contributed by atoms with Gasteiger partial charge in [0.15, 0.2) is 0 Å². The van der Waals surface area contributed by atoms with Crippen LogP contribution in [0.2, 0.25) is 5.02 Å². The topological polar surface area (TPSA) is 55.6 Å². The van der Waals surface area contributed by atoms with E-state index >= 15 is 0 Å². The molecule has 94 valence electrons. The van der Waals surface area contributed by atoms with E-state index in [2.05, 4.69) is 0 Å². The molecule has 6 heteroatoms. The number of nitro benzene ring substituents is 1. The average Bonchev–Trinajstić information content (AvgIpc) is 2.19. The van der Waals surface area contributed by atoms with Crippen LogP contribution in [0.1, 0.15) is 6.92 Å². The van der Waals surface area contributed by atoms with Crippen molar-refractivity contribution in [2.24, 2.45) is 0 Å². The highest BCUT2D eigenvalue weighted by Gasteiger charge is 2.12. The third-order valence-electron chi connectivity index (χ3n) is 2.08. The summed E-state index contributed by atoms with van der Waals surface area (Å²) in [6, 6.07) is 4.19. The van der Waals surface area contributed by atoms with Gasteiger partial charge in [-0.1, -0.05) is 11.6 Å². The molecule has 0 saturated carbocycles. The van der Waals surface area contributed by atoms with E-state index in [0.29, 0.717) is 5.75 Å². The summed E-state index contributed by atoms with van der Waals surface area (Å²) in [5.74, 6) is 0.464. The van der Waals surface area contributed by atoms with Crippen molar-refractivity contribution in [3.05, 3.63) is 33.3 Å². The molecule has 1 rings (SSSR count). The minimum atomic E-state index is -0.487. The van der Waals surface area contributed by atoms with E-state index in [1.165, 1.54) is 18.2 Å². The Kier molecular flexibility index (Phi) is 4.72. The molecule has 0 aromatic heterocycles. The van der Waals surface area contributed by atoms with Crippen molar-refractivity contribution in [3.8, 4) is 5.75 Å². The number of nitrogens with zero attached hydrogens (tertiary/aromatic N) is 2. The van der Waals surface area contributed by atoms with Crippen molar-refractivity contribution in [1.29, 1.82) is 0 Å². The van der Waals surface area contributed by atoms with Gasteiger partial charge in [0.2, 0.25) is 0 Å². The van der Waals surface area contributed by atoms with Gasteiger partial charge in [-0.05, 0) is 27.1 Å². The third kappa shape index (κ3) is 4.20. The zero-order valence-corrected chi connectivity index (χ0v) is 10.8. The molecule has 0 aliphatic carbocycles. The number of halogens is 1. The first kappa shape index (κ1) is 13.7. The van der Waals surface area contributed by atoms with E-state index < -0.39 is 4.92 Å². The molecule has 0 amide bonds. The normalized spacial score (nSPS) is 12.5. The summed E-state index contributed by atoms with van der Waals surface area (Å²) in [6.07, 6.45) is -0.0380. The number of hydrogen-bond donors (Lipinski definition) is 0. The summed E-state index contributed by atoms with van der Waals surface area (Å²) in [4.78, 5) is 12.0. The second kappa shape index (κ2) is 5.84. The van der Waals surface area contributed by atoms with Gasteiger partial charge in [0.25, 0.3) is 5.69 Å². The fourth-order valence-electron chi connectivity index (χ4n) is 1.47. The Balaban J connectivity index is 2.75. The predicted octanol–water partition coefficient (Wildman–Crippen LogP) is 2.58. The van der Waals surface area contributed by atoms with E-state index in [9.17, 15) is 10.1 Å². The number of likely N-dealkylation sites (N-methyl/N-ethyl adjacent to an activating group) is 1. The number of hydrogen-bond acceptors (Lipinski definition) is 4. The zero-order valence-electron chi connectivity index (χ0n) is 10.0. The van der Waals surface area contributed by atoms with Gasteiger partial charge in [0.1, 0.15) is 11.9 Å². The Morgan fingerprint density at radius 3 is 2.65 bits per heavy atom. The first-order valence-corrected chi connectivity index (χ1v) is 5.53. The molecule has 0 aliphatic heterocycles. The number of ether oxygens (including phenoxy) is 1. The van der Waals surface area contributed by atoms with Gasteiger partial charge in [0, 0.05) is 18.7 Å². The lowest BCUT2D eigenvalue weighted by atomic mass is 10.3. The second-order valence-corrected chi connectivity index (χ2v) is 4.47. The molecular formula is C11H15ClN2O3. The van der Waals surface area contributed by atoms with Crippen LogP contribution in [0.25, 0.3) is 0 Å². The Bertz CT molecular complexity index is 410. The molecule has 0 N–H and O–H groups in total. The van der Waals surface area contributed by atoms with Crippen molar-refractivity contribution in [1.82, 2.24) is 4.90 Å². The molecule has 1 aromatic carbocycles. The van der Waals surface area contributed by atoms with Gasteiger partial charge < -0.3 is 9.64 Å². The van der Waals surface area contributed by atoms with Gasteiger partial charge in [-0.3, -0.25) is 10.1 Å². The third-order valence-corrected chi connectivity index (χ3v) is 2.37. The molecular weight excluding hydrogens is 244 g/mol. The molecule has 1 unspecified atom stereocenters. The Labute approximate surface area is 105 Å². The van der Waals surface area contributed by atoms with E-state index in [0.717, 1.165) is 6.54 Å². The smallest absolute Gasteiger partial charge is 0.271 e. The predicted molar refractivity (Wildman–Crippen MR) is 66.8 cm³/mol. The quantitative estimate of drug-likeness (QED) is 0.602. The number of benzene rings is 1. The van der Waals surface area contributed by atoms with Crippen LogP contribution in [-0.2, 0) is 0 Å². The largest absolute Gasteiger partial charge is 0.488 e. The van der Waals surface area contributed by atoms with Crippen LogP contribution in [0.15, 0.2) is 18.2 Å². The summed E-state index contributed by atoms with van der Waals surface area (Å²) in [6.45, 7) is 2.66. The molecule has 0 heterocycles. The fraction of sp³-hybridized carbons (Fsp3) is 0.455. The van der Waals surface area contributed by atoms with Crippen molar-refractivity contribution >= 4 is 17.3 Å². The van der Waals surface area contributed by atoms with Gasteiger partial charge in [-0.25, -0.2) is 0 Å². The summed E-state index contributed by atoms with van der Waals surface area (Å²) < 4.78 is 5.59. The molecule has 0 spiro atoms. The van der Waals surface area contributed by atoms with Gasteiger partial charge in [0.05, 0.1) is 9.95 Å². The van der Waals surface area contributed by atoms with Crippen LogP contribution in [-0.4, -0.2) is 36.6 Å². The molecule has 5 nitrogen and oxygen atoms in total. The van der Waals surface area contributed by atoms with Crippen LogP contribution < -0.4 is 4.74 Å². The van der Waals surface area contributed by atoms with Gasteiger partial charge >= 0.3 is 0 Å². The lowest BCUT2D eigenvalue weighted by Crippen LogP contribution is -2.28. The zero-order chi connectivity index (χ0) is 13.0. The molecule has 0 saturated heterocycles. The first-order chi connectivity index (χ1) is 7.90. The molecule has 17 heavy (non-hydrogen) atoms. The summed E-state index contributed by atoms with van der Waals surface area (Å²) in [7, 11) is 3.88. The highest BCUT2D eigenvalue weighted by Crippen LogP contribution is 2.29. The van der Waals surface area contributed by atoms with Crippen molar-refractivity contribution in [2.45, 2.75) is 13.0 Å². The maximum atomic E-state index is 10.5. The van der Waals surface area contributed by atoms with Crippen molar-refractivity contribution < 1.29 is 9.66 Å². The molecule has 0 radical (unpaired) electrons. The van der Waals surface area contributed by atoms with Crippen LogP contribution in [0.5, 0.6) is 5.75 Å².